The van der Waals surface area contributed by atoms with Crippen molar-refractivity contribution in [3.8, 4) is 0 Å². The predicted octanol–water partition coefficient (Wildman–Crippen LogP) is 9.94. The molecule has 0 aliphatic heterocycles. The Balaban J connectivity index is 1.58. The maximum absolute atomic E-state index is 2.35. The molecule has 0 spiro atoms. The molecule has 0 bridgehead atoms. The van der Waals surface area contributed by atoms with Gasteiger partial charge in [-0.2, -0.15) is 0 Å². The quantitative estimate of drug-likeness (QED) is 0.192. The predicted molar refractivity (Wildman–Crippen MR) is 158 cm³/mol. The molecule has 35 heavy (non-hydrogen) atoms. The van der Waals surface area contributed by atoms with Crippen molar-refractivity contribution in [2.24, 2.45) is 0 Å². The zero-order valence-corrected chi connectivity index (χ0v) is 23.5. The van der Waals surface area contributed by atoms with E-state index in [1.165, 1.54) is 75.1 Å². The summed E-state index contributed by atoms with van der Waals surface area (Å²) in [5, 5.41) is 0. The Kier molecular flexibility index (Phi) is 9.31. The van der Waals surface area contributed by atoms with Crippen molar-refractivity contribution in [2.45, 2.75) is 52.3 Å². The minimum Gasteiger partial charge on any atom is -0.0933 e. The number of aryl methyl sites for hydroxylation is 4. The third-order valence-corrected chi connectivity index (χ3v) is 13.0. The van der Waals surface area contributed by atoms with Crippen molar-refractivity contribution in [3.63, 3.8) is 0 Å². The molecule has 0 N–H and O–H groups in total. The standard InChI is InChI=1S/C33H38P2/c1-26-5-13-30(14-6-26)21-34(22-31-15-7-27(2)8-16-31)25-35(23-32-17-9-28(3)10-18-32)24-33-19-11-29(4)12-20-33/h5-20H,21-25H2,1-4H3. The first-order chi connectivity index (χ1) is 16.9. The van der Waals surface area contributed by atoms with Crippen molar-refractivity contribution in [2.75, 3.05) is 5.90 Å². The maximum Gasteiger partial charge on any atom is -0.00669 e. The van der Waals surface area contributed by atoms with E-state index < -0.39 is 0 Å². The van der Waals surface area contributed by atoms with Gasteiger partial charge in [0.1, 0.15) is 0 Å². The Morgan fingerprint density at radius 1 is 0.343 bits per heavy atom. The van der Waals surface area contributed by atoms with Crippen LogP contribution in [0.15, 0.2) is 97.1 Å². The fraction of sp³-hybridized carbons (Fsp3) is 0.273. The molecule has 0 fully saturated rings. The van der Waals surface area contributed by atoms with Gasteiger partial charge in [0.05, 0.1) is 0 Å². The molecule has 0 unspecified atom stereocenters. The summed E-state index contributed by atoms with van der Waals surface area (Å²) < 4.78 is 0. The van der Waals surface area contributed by atoms with Gasteiger partial charge in [-0.3, -0.25) is 0 Å². The van der Waals surface area contributed by atoms with Gasteiger partial charge in [0.15, 0.2) is 0 Å². The van der Waals surface area contributed by atoms with E-state index in [1.54, 1.807) is 0 Å². The van der Waals surface area contributed by atoms with Crippen LogP contribution >= 0.6 is 15.8 Å². The number of hydrogen-bond donors (Lipinski definition) is 0. The van der Waals surface area contributed by atoms with Crippen LogP contribution < -0.4 is 0 Å². The molecule has 0 nitrogen and oxygen atoms in total. The summed E-state index contributed by atoms with van der Waals surface area (Å²) in [5.41, 5.74) is 11.4. The zero-order valence-electron chi connectivity index (χ0n) is 21.7. The molecule has 0 heterocycles. The van der Waals surface area contributed by atoms with Crippen molar-refractivity contribution in [1.29, 1.82) is 0 Å². The highest BCUT2D eigenvalue weighted by Crippen LogP contribution is 2.57. The molecule has 4 aromatic rings. The van der Waals surface area contributed by atoms with Gasteiger partial charge in [-0.05, 0) is 80.5 Å². The highest BCUT2D eigenvalue weighted by atomic mass is 31.2. The molecular weight excluding hydrogens is 458 g/mol. The SMILES string of the molecule is Cc1ccc(CP(Cc2ccc(C)cc2)CP(Cc2ccc(C)cc2)Cc2ccc(C)cc2)cc1. The van der Waals surface area contributed by atoms with Crippen LogP contribution in [0.5, 0.6) is 0 Å². The second-order valence-electron chi connectivity index (χ2n) is 10.1. The average Bonchev–Trinajstić information content (AvgIpc) is 2.85. The fourth-order valence-electron chi connectivity index (χ4n) is 4.40. The lowest BCUT2D eigenvalue weighted by molar-refractivity contribution is 1.27. The summed E-state index contributed by atoms with van der Waals surface area (Å²) in [4.78, 5) is 0. The minimum atomic E-state index is -0.148. The molecule has 4 rings (SSSR count). The van der Waals surface area contributed by atoms with Gasteiger partial charge in [0.2, 0.25) is 0 Å². The average molecular weight is 497 g/mol. The van der Waals surface area contributed by atoms with Crippen LogP contribution in [0.4, 0.5) is 0 Å². The van der Waals surface area contributed by atoms with Gasteiger partial charge in [-0.15, -0.1) is 0 Å². The Morgan fingerprint density at radius 2 is 0.543 bits per heavy atom. The monoisotopic (exact) mass is 496 g/mol. The number of hydrogen-bond acceptors (Lipinski definition) is 0. The number of rotatable bonds is 10. The van der Waals surface area contributed by atoms with Crippen LogP contribution in [0.1, 0.15) is 44.5 Å². The van der Waals surface area contributed by atoms with Gasteiger partial charge >= 0.3 is 0 Å². The molecule has 0 amide bonds. The van der Waals surface area contributed by atoms with E-state index in [4.69, 9.17) is 0 Å². The van der Waals surface area contributed by atoms with E-state index in [9.17, 15) is 0 Å². The van der Waals surface area contributed by atoms with E-state index >= 15 is 0 Å². The molecule has 0 aliphatic carbocycles. The Bertz CT molecular complexity index is 982. The number of benzene rings is 4. The maximum atomic E-state index is 2.35. The lowest BCUT2D eigenvalue weighted by Crippen LogP contribution is -1.98. The Labute approximate surface area is 215 Å². The van der Waals surface area contributed by atoms with Crippen LogP contribution in [-0.4, -0.2) is 5.90 Å². The second kappa shape index (κ2) is 12.6. The molecule has 0 aliphatic rings. The lowest BCUT2D eigenvalue weighted by atomic mass is 10.2. The molecular formula is C33H38P2. The van der Waals surface area contributed by atoms with Gasteiger partial charge in [0.25, 0.3) is 0 Å². The summed E-state index contributed by atoms with van der Waals surface area (Å²) in [7, 11) is -0.296. The third-order valence-electron chi connectivity index (χ3n) is 6.51. The third kappa shape index (κ3) is 8.42. The molecule has 0 radical (unpaired) electrons. The molecule has 180 valence electrons. The van der Waals surface area contributed by atoms with E-state index in [0.29, 0.717) is 0 Å². The smallest absolute Gasteiger partial charge is 0.00669 e. The Morgan fingerprint density at radius 3 is 0.743 bits per heavy atom. The molecule has 2 heteroatoms. The first kappa shape index (κ1) is 25.8. The van der Waals surface area contributed by atoms with Crippen LogP contribution in [0, 0.1) is 27.7 Å². The van der Waals surface area contributed by atoms with E-state index in [0.717, 1.165) is 0 Å². The molecule has 0 saturated heterocycles. The molecule has 0 aromatic heterocycles. The summed E-state index contributed by atoms with van der Waals surface area (Å²) in [5.74, 6) is 1.36. The van der Waals surface area contributed by atoms with Crippen LogP contribution in [0.25, 0.3) is 0 Å². The minimum absolute atomic E-state index is 0.148. The van der Waals surface area contributed by atoms with E-state index in [2.05, 4.69) is 125 Å². The summed E-state index contributed by atoms with van der Waals surface area (Å²) >= 11 is 0. The largest absolute Gasteiger partial charge is 0.0933 e. The second-order valence-corrected chi connectivity index (χ2v) is 15.1. The van der Waals surface area contributed by atoms with Crippen LogP contribution in [-0.2, 0) is 24.6 Å². The lowest BCUT2D eigenvalue weighted by Gasteiger charge is -2.26. The van der Waals surface area contributed by atoms with Crippen LogP contribution in [0.3, 0.4) is 0 Å². The van der Waals surface area contributed by atoms with Gasteiger partial charge in [-0.25, -0.2) is 0 Å². The first-order valence-electron chi connectivity index (χ1n) is 12.6. The van der Waals surface area contributed by atoms with Crippen LogP contribution in [0.2, 0.25) is 0 Å². The van der Waals surface area contributed by atoms with Gasteiger partial charge in [-0.1, -0.05) is 135 Å². The fourth-order valence-corrected chi connectivity index (χ4v) is 11.4. The molecule has 4 aromatic carbocycles. The highest BCUT2D eigenvalue weighted by molar-refractivity contribution is 7.73. The van der Waals surface area contributed by atoms with E-state index in [-0.39, 0.29) is 15.8 Å². The van der Waals surface area contributed by atoms with Gasteiger partial charge in [0, 0.05) is 0 Å². The highest BCUT2D eigenvalue weighted by Gasteiger charge is 2.18. The molecule has 0 saturated carbocycles. The van der Waals surface area contributed by atoms with E-state index in [1.807, 2.05) is 0 Å². The van der Waals surface area contributed by atoms with Crippen molar-refractivity contribution < 1.29 is 0 Å². The summed E-state index contributed by atoms with van der Waals surface area (Å²) in [6.45, 7) is 8.73. The summed E-state index contributed by atoms with van der Waals surface area (Å²) in [6, 6.07) is 37.0. The zero-order chi connectivity index (χ0) is 24.6. The molecule has 0 atom stereocenters. The van der Waals surface area contributed by atoms with Crippen molar-refractivity contribution >= 4 is 15.8 Å². The Hall–Kier alpha value is -2.26. The topological polar surface area (TPSA) is 0 Å². The summed E-state index contributed by atoms with van der Waals surface area (Å²) in [6.07, 6.45) is 4.85. The van der Waals surface area contributed by atoms with Gasteiger partial charge < -0.3 is 0 Å². The first-order valence-corrected chi connectivity index (χ1v) is 16.4. The van der Waals surface area contributed by atoms with Crippen molar-refractivity contribution in [3.05, 3.63) is 142 Å². The van der Waals surface area contributed by atoms with Crippen molar-refractivity contribution in [1.82, 2.24) is 0 Å². The normalized spacial score (nSPS) is 11.4.